The molecule has 0 atom stereocenters. The molecule has 0 saturated carbocycles. The zero-order valence-electron chi connectivity index (χ0n) is 14.9. The number of benzene rings is 2. The molecule has 1 amide bonds. The summed E-state index contributed by atoms with van der Waals surface area (Å²) in [6.07, 6.45) is 1.53. The van der Waals surface area contributed by atoms with Crippen molar-refractivity contribution in [2.24, 2.45) is 0 Å². The van der Waals surface area contributed by atoms with Crippen molar-refractivity contribution < 1.29 is 9.21 Å². The summed E-state index contributed by atoms with van der Waals surface area (Å²) < 4.78 is 6.81. The van der Waals surface area contributed by atoms with Gasteiger partial charge in [-0.2, -0.15) is 9.61 Å². The predicted octanol–water partition coefficient (Wildman–Crippen LogP) is 3.15. The molecule has 8 heteroatoms. The first-order valence-corrected chi connectivity index (χ1v) is 8.79. The number of carbonyl (C=O) groups excluding carboxylic acids is 1. The van der Waals surface area contributed by atoms with E-state index in [1.165, 1.54) is 12.4 Å². The zero-order chi connectivity index (χ0) is 19.8. The first kappa shape index (κ1) is 16.8. The van der Waals surface area contributed by atoms with Crippen LogP contribution in [0.2, 0.25) is 0 Å². The molecule has 3 heterocycles. The number of nitrogens with one attached hydrogen (secondary N) is 1. The van der Waals surface area contributed by atoms with Crippen molar-refractivity contribution in [3.05, 3.63) is 89.0 Å². The fourth-order valence-corrected chi connectivity index (χ4v) is 3.03. The Morgan fingerprint density at radius 2 is 1.83 bits per heavy atom. The van der Waals surface area contributed by atoms with Crippen LogP contribution in [0.4, 0.5) is 5.69 Å². The van der Waals surface area contributed by atoms with E-state index in [0.29, 0.717) is 22.3 Å². The van der Waals surface area contributed by atoms with Gasteiger partial charge in [-0.25, -0.2) is 4.79 Å². The second-order valence-corrected chi connectivity index (χ2v) is 6.37. The van der Waals surface area contributed by atoms with E-state index in [1.54, 1.807) is 34.8 Å². The molecule has 0 spiro atoms. The van der Waals surface area contributed by atoms with Crippen LogP contribution in [0.15, 0.2) is 82.3 Å². The van der Waals surface area contributed by atoms with Gasteiger partial charge in [-0.1, -0.05) is 30.3 Å². The van der Waals surface area contributed by atoms with Crippen molar-refractivity contribution >= 4 is 28.2 Å². The number of carbonyl (C=O) groups is 1. The molecule has 0 aliphatic rings. The Balaban J connectivity index is 1.40. The maximum absolute atomic E-state index is 12.5. The molecule has 5 rings (SSSR count). The summed E-state index contributed by atoms with van der Waals surface area (Å²) in [6.45, 7) is 0. The van der Waals surface area contributed by atoms with Crippen LogP contribution in [0.3, 0.4) is 0 Å². The van der Waals surface area contributed by atoms with Crippen LogP contribution < -0.4 is 10.9 Å². The highest BCUT2D eigenvalue weighted by molar-refractivity contribution is 6.05. The van der Waals surface area contributed by atoms with Gasteiger partial charge in [-0.05, 0) is 36.4 Å². The van der Waals surface area contributed by atoms with Gasteiger partial charge in [0, 0.05) is 16.6 Å². The zero-order valence-corrected chi connectivity index (χ0v) is 14.9. The van der Waals surface area contributed by atoms with E-state index < -0.39 is 11.5 Å². The molecule has 140 valence electrons. The fraction of sp³-hybridized carbons (Fsp3) is 0. The van der Waals surface area contributed by atoms with Crippen LogP contribution >= 0.6 is 0 Å². The van der Waals surface area contributed by atoms with Crippen LogP contribution in [-0.4, -0.2) is 25.7 Å². The standard InChI is InChI=1S/C21H13N5O3/c27-20(16-11-14-3-1-2-4-18(14)29-21(16)28)23-15-7-5-13(6-8-15)17-9-10-19-24-22-12-26(19)25-17/h1-12H,(H,23,27). The van der Waals surface area contributed by atoms with Crippen LogP contribution in [0.25, 0.3) is 27.9 Å². The lowest BCUT2D eigenvalue weighted by Crippen LogP contribution is -2.20. The third kappa shape index (κ3) is 3.12. The summed E-state index contributed by atoms with van der Waals surface area (Å²) in [7, 11) is 0. The lowest BCUT2D eigenvalue weighted by atomic mass is 10.1. The van der Waals surface area contributed by atoms with Crippen molar-refractivity contribution in [2.75, 3.05) is 5.32 Å². The van der Waals surface area contributed by atoms with Gasteiger partial charge in [0.25, 0.3) is 5.91 Å². The highest BCUT2D eigenvalue weighted by Gasteiger charge is 2.14. The molecule has 0 saturated heterocycles. The topological polar surface area (TPSA) is 102 Å². The summed E-state index contributed by atoms with van der Waals surface area (Å²) in [5, 5.41) is 15.6. The Morgan fingerprint density at radius 3 is 2.69 bits per heavy atom. The summed E-state index contributed by atoms with van der Waals surface area (Å²) >= 11 is 0. The number of hydrogen-bond donors (Lipinski definition) is 1. The third-order valence-electron chi connectivity index (χ3n) is 4.49. The molecule has 2 aromatic carbocycles. The van der Waals surface area contributed by atoms with Gasteiger partial charge in [-0.3, -0.25) is 4.79 Å². The van der Waals surface area contributed by atoms with E-state index in [-0.39, 0.29) is 5.56 Å². The molecule has 0 unspecified atom stereocenters. The van der Waals surface area contributed by atoms with Crippen molar-refractivity contribution in [1.29, 1.82) is 0 Å². The van der Waals surface area contributed by atoms with Crippen LogP contribution in [0.5, 0.6) is 0 Å². The van der Waals surface area contributed by atoms with E-state index in [4.69, 9.17) is 4.42 Å². The lowest BCUT2D eigenvalue weighted by molar-refractivity contribution is 0.102. The molecule has 0 aliphatic heterocycles. The predicted molar refractivity (Wildman–Crippen MR) is 107 cm³/mol. The second-order valence-electron chi connectivity index (χ2n) is 6.37. The van der Waals surface area contributed by atoms with Gasteiger partial charge in [0.15, 0.2) is 5.65 Å². The Bertz CT molecular complexity index is 1420. The lowest BCUT2D eigenvalue weighted by Gasteiger charge is -2.07. The smallest absolute Gasteiger partial charge is 0.349 e. The molecule has 0 fully saturated rings. The van der Waals surface area contributed by atoms with Crippen molar-refractivity contribution in [2.45, 2.75) is 0 Å². The average molecular weight is 383 g/mol. The van der Waals surface area contributed by atoms with E-state index in [0.717, 1.165) is 11.3 Å². The highest BCUT2D eigenvalue weighted by Crippen LogP contribution is 2.20. The Hall–Kier alpha value is -4.33. The van der Waals surface area contributed by atoms with E-state index in [2.05, 4.69) is 20.6 Å². The highest BCUT2D eigenvalue weighted by atomic mass is 16.4. The minimum atomic E-state index is -0.677. The maximum Gasteiger partial charge on any atom is 0.349 e. The number of para-hydroxylation sites is 1. The molecular formula is C21H13N5O3. The number of amides is 1. The fourth-order valence-electron chi connectivity index (χ4n) is 3.03. The second kappa shape index (κ2) is 6.68. The normalized spacial score (nSPS) is 11.0. The minimum Gasteiger partial charge on any atom is -0.422 e. The van der Waals surface area contributed by atoms with E-state index in [9.17, 15) is 9.59 Å². The van der Waals surface area contributed by atoms with Crippen LogP contribution in [-0.2, 0) is 0 Å². The monoisotopic (exact) mass is 383 g/mol. The first-order chi connectivity index (χ1) is 14.2. The molecule has 0 radical (unpaired) electrons. The third-order valence-corrected chi connectivity index (χ3v) is 4.49. The van der Waals surface area contributed by atoms with Crippen LogP contribution in [0.1, 0.15) is 10.4 Å². The van der Waals surface area contributed by atoms with Crippen LogP contribution in [0, 0.1) is 0 Å². The van der Waals surface area contributed by atoms with Gasteiger partial charge < -0.3 is 9.73 Å². The van der Waals surface area contributed by atoms with Crippen molar-refractivity contribution in [1.82, 2.24) is 19.8 Å². The maximum atomic E-state index is 12.5. The Labute approximate surface area is 163 Å². The molecule has 8 nitrogen and oxygen atoms in total. The molecule has 0 aliphatic carbocycles. The number of hydrogen-bond acceptors (Lipinski definition) is 6. The number of nitrogens with zero attached hydrogens (tertiary/aromatic N) is 4. The summed E-state index contributed by atoms with van der Waals surface area (Å²) in [6, 6.07) is 19.4. The summed E-state index contributed by atoms with van der Waals surface area (Å²) in [4.78, 5) is 24.7. The van der Waals surface area contributed by atoms with Crippen molar-refractivity contribution in [3.8, 4) is 11.3 Å². The summed E-state index contributed by atoms with van der Waals surface area (Å²) in [5.41, 5.74) is 2.53. The number of fused-ring (bicyclic) bond motifs is 2. The van der Waals surface area contributed by atoms with Gasteiger partial charge in [0.1, 0.15) is 17.5 Å². The SMILES string of the molecule is O=C(Nc1ccc(-c2ccc3nncn3n2)cc1)c1cc2ccccc2oc1=O. The minimum absolute atomic E-state index is 0.0486. The number of rotatable bonds is 3. The summed E-state index contributed by atoms with van der Waals surface area (Å²) in [5.74, 6) is -0.527. The molecular weight excluding hydrogens is 370 g/mol. The molecule has 29 heavy (non-hydrogen) atoms. The van der Waals surface area contributed by atoms with Gasteiger partial charge in [0.05, 0.1) is 5.69 Å². The Morgan fingerprint density at radius 1 is 1.00 bits per heavy atom. The number of anilines is 1. The molecule has 5 aromatic rings. The number of aromatic nitrogens is 4. The average Bonchev–Trinajstić information content (AvgIpc) is 3.21. The Kier molecular flexibility index (Phi) is 3.87. The molecule has 0 bridgehead atoms. The van der Waals surface area contributed by atoms with Gasteiger partial charge >= 0.3 is 5.63 Å². The van der Waals surface area contributed by atoms with Crippen molar-refractivity contribution in [3.63, 3.8) is 0 Å². The quantitative estimate of drug-likeness (QED) is 0.480. The molecule has 1 N–H and O–H groups in total. The largest absolute Gasteiger partial charge is 0.422 e. The van der Waals surface area contributed by atoms with Gasteiger partial charge in [-0.15, -0.1) is 10.2 Å². The first-order valence-electron chi connectivity index (χ1n) is 8.79. The molecule has 3 aromatic heterocycles. The van der Waals surface area contributed by atoms with Gasteiger partial charge in [0.2, 0.25) is 0 Å². The van der Waals surface area contributed by atoms with E-state index >= 15 is 0 Å². The van der Waals surface area contributed by atoms with E-state index in [1.807, 2.05) is 30.3 Å².